The number of aryl methyl sites for hydroxylation is 1. The van der Waals surface area contributed by atoms with E-state index in [0.29, 0.717) is 37.6 Å². The summed E-state index contributed by atoms with van der Waals surface area (Å²) in [6.45, 7) is 4.07. The van der Waals surface area contributed by atoms with Crippen molar-refractivity contribution in [3.05, 3.63) is 77.0 Å². The summed E-state index contributed by atoms with van der Waals surface area (Å²) in [5, 5.41) is 10.1. The van der Waals surface area contributed by atoms with Gasteiger partial charge in [-0.25, -0.2) is 13.5 Å². The Morgan fingerprint density at radius 2 is 1.78 bits per heavy atom. The molecule has 36 heavy (non-hydrogen) atoms. The van der Waals surface area contributed by atoms with Crippen LogP contribution < -0.4 is 10.6 Å². The molecule has 2 aliphatic rings. The van der Waals surface area contributed by atoms with Crippen molar-refractivity contribution in [1.82, 2.24) is 14.7 Å². The van der Waals surface area contributed by atoms with Crippen molar-refractivity contribution < 1.29 is 23.1 Å². The number of hydrogen-bond acceptors (Lipinski definition) is 5. The number of nitrogens with zero attached hydrogens (tertiary/aromatic N) is 3. The molecule has 3 aromatic rings. The first kappa shape index (κ1) is 23.9. The van der Waals surface area contributed by atoms with Gasteiger partial charge < -0.3 is 20.3 Å². The lowest BCUT2D eigenvalue weighted by atomic mass is 9.96. The van der Waals surface area contributed by atoms with Crippen molar-refractivity contribution in [1.29, 1.82) is 0 Å². The number of halogens is 2. The highest BCUT2D eigenvalue weighted by Gasteiger charge is 2.36. The SMILES string of the molecule is Cc1ccc(C2CC(C(F)F)n3ncc(C(=O)Nc4ccc(C(=O)N5CCOCC5)cc4)c3N2)cc1. The predicted molar refractivity (Wildman–Crippen MR) is 131 cm³/mol. The number of aromatic nitrogens is 2. The number of anilines is 2. The molecule has 2 aromatic carbocycles. The van der Waals surface area contributed by atoms with Crippen molar-refractivity contribution in [2.75, 3.05) is 36.9 Å². The van der Waals surface area contributed by atoms with Gasteiger partial charge in [0.05, 0.1) is 25.5 Å². The smallest absolute Gasteiger partial charge is 0.261 e. The van der Waals surface area contributed by atoms with Gasteiger partial charge in [0.15, 0.2) is 0 Å². The summed E-state index contributed by atoms with van der Waals surface area (Å²) >= 11 is 0. The number of morpholine rings is 1. The Bertz CT molecular complexity index is 1240. The van der Waals surface area contributed by atoms with E-state index < -0.39 is 18.4 Å². The van der Waals surface area contributed by atoms with Gasteiger partial charge in [-0.05, 0) is 43.2 Å². The van der Waals surface area contributed by atoms with Crippen molar-refractivity contribution in [2.45, 2.75) is 31.9 Å². The summed E-state index contributed by atoms with van der Waals surface area (Å²) in [6.07, 6.45) is -1.18. The summed E-state index contributed by atoms with van der Waals surface area (Å²) in [7, 11) is 0. The maximum atomic E-state index is 13.9. The van der Waals surface area contributed by atoms with E-state index in [2.05, 4.69) is 15.7 Å². The van der Waals surface area contributed by atoms with E-state index in [1.807, 2.05) is 31.2 Å². The minimum Gasteiger partial charge on any atom is -0.378 e. The minimum atomic E-state index is -2.63. The quantitative estimate of drug-likeness (QED) is 0.552. The summed E-state index contributed by atoms with van der Waals surface area (Å²) < 4.78 is 34.3. The molecule has 5 rings (SSSR count). The molecule has 0 radical (unpaired) electrons. The van der Waals surface area contributed by atoms with E-state index in [0.717, 1.165) is 11.1 Å². The number of hydrogen-bond donors (Lipinski definition) is 2. The molecular formula is C26H27F2N5O3. The molecule has 1 aromatic heterocycles. The molecule has 0 saturated carbocycles. The summed E-state index contributed by atoms with van der Waals surface area (Å²) in [5.74, 6) is -0.311. The first-order valence-electron chi connectivity index (χ1n) is 11.9. The molecule has 2 atom stereocenters. The Morgan fingerprint density at radius 1 is 1.08 bits per heavy atom. The van der Waals surface area contributed by atoms with Crippen LogP contribution in [0.1, 0.15) is 50.3 Å². The van der Waals surface area contributed by atoms with Crippen LogP contribution in [-0.2, 0) is 4.74 Å². The minimum absolute atomic E-state index is 0.0914. The van der Waals surface area contributed by atoms with Crippen LogP contribution in [0.5, 0.6) is 0 Å². The molecule has 0 bridgehead atoms. The highest BCUT2D eigenvalue weighted by molar-refractivity contribution is 6.07. The number of carbonyl (C=O) groups is 2. The van der Waals surface area contributed by atoms with Gasteiger partial charge in [-0.3, -0.25) is 9.59 Å². The highest BCUT2D eigenvalue weighted by Crippen LogP contribution is 2.39. The molecule has 2 aliphatic heterocycles. The number of ether oxygens (including phenoxy) is 1. The van der Waals surface area contributed by atoms with E-state index in [9.17, 15) is 18.4 Å². The van der Waals surface area contributed by atoms with Crippen LogP contribution in [0.3, 0.4) is 0 Å². The number of fused-ring (bicyclic) bond motifs is 1. The van der Waals surface area contributed by atoms with Crippen LogP contribution in [-0.4, -0.2) is 59.2 Å². The fraction of sp³-hybridized carbons (Fsp3) is 0.346. The van der Waals surface area contributed by atoms with Crippen molar-refractivity contribution in [2.24, 2.45) is 0 Å². The lowest BCUT2D eigenvalue weighted by Gasteiger charge is -2.32. The van der Waals surface area contributed by atoms with Gasteiger partial charge in [-0.15, -0.1) is 0 Å². The van der Waals surface area contributed by atoms with E-state index in [1.54, 1.807) is 29.2 Å². The molecule has 2 unspecified atom stereocenters. The normalized spacial score (nSPS) is 19.5. The van der Waals surface area contributed by atoms with Gasteiger partial charge in [0.1, 0.15) is 17.4 Å². The van der Waals surface area contributed by atoms with Gasteiger partial charge >= 0.3 is 0 Å². The van der Waals surface area contributed by atoms with E-state index >= 15 is 0 Å². The number of alkyl halides is 2. The highest BCUT2D eigenvalue weighted by atomic mass is 19.3. The van der Waals surface area contributed by atoms with Crippen LogP contribution in [0, 0.1) is 6.92 Å². The van der Waals surface area contributed by atoms with E-state index in [-0.39, 0.29) is 29.8 Å². The van der Waals surface area contributed by atoms with Crippen molar-refractivity contribution >= 4 is 23.3 Å². The number of amides is 2. The first-order chi connectivity index (χ1) is 17.4. The predicted octanol–water partition coefficient (Wildman–Crippen LogP) is 4.28. The van der Waals surface area contributed by atoms with Gasteiger partial charge in [0.25, 0.3) is 18.2 Å². The third kappa shape index (κ3) is 4.81. The van der Waals surface area contributed by atoms with Gasteiger partial charge in [0.2, 0.25) is 0 Å². The molecule has 0 spiro atoms. The Balaban J connectivity index is 1.33. The Labute approximate surface area is 207 Å². The van der Waals surface area contributed by atoms with Crippen molar-refractivity contribution in [3.8, 4) is 0 Å². The van der Waals surface area contributed by atoms with Gasteiger partial charge in [-0.2, -0.15) is 5.10 Å². The maximum Gasteiger partial charge on any atom is 0.261 e. The number of nitrogens with one attached hydrogen (secondary N) is 2. The second-order valence-electron chi connectivity index (χ2n) is 9.03. The average Bonchev–Trinajstić information content (AvgIpc) is 3.33. The van der Waals surface area contributed by atoms with E-state index in [4.69, 9.17) is 4.74 Å². The molecule has 10 heteroatoms. The van der Waals surface area contributed by atoms with Crippen LogP contribution in [0.25, 0.3) is 0 Å². The summed E-state index contributed by atoms with van der Waals surface area (Å²) in [5.41, 5.74) is 3.11. The molecular weight excluding hydrogens is 468 g/mol. The van der Waals surface area contributed by atoms with E-state index in [1.165, 1.54) is 10.9 Å². The van der Waals surface area contributed by atoms with Crippen molar-refractivity contribution in [3.63, 3.8) is 0 Å². The molecule has 3 heterocycles. The first-order valence-corrected chi connectivity index (χ1v) is 11.9. The fourth-order valence-electron chi connectivity index (χ4n) is 4.56. The molecule has 2 amide bonds. The average molecular weight is 496 g/mol. The molecule has 1 saturated heterocycles. The topological polar surface area (TPSA) is 88.5 Å². The molecule has 1 fully saturated rings. The molecule has 188 valence electrons. The largest absolute Gasteiger partial charge is 0.378 e. The fourth-order valence-corrected chi connectivity index (χ4v) is 4.56. The van der Waals surface area contributed by atoms with Gasteiger partial charge in [-0.1, -0.05) is 29.8 Å². The monoisotopic (exact) mass is 495 g/mol. The second-order valence-corrected chi connectivity index (χ2v) is 9.03. The van der Waals surface area contributed by atoms with Crippen LogP contribution in [0.4, 0.5) is 20.3 Å². The molecule has 8 nitrogen and oxygen atoms in total. The summed E-state index contributed by atoms with van der Waals surface area (Å²) in [4.78, 5) is 27.5. The Kier molecular flexibility index (Phi) is 6.69. The lowest BCUT2D eigenvalue weighted by molar-refractivity contribution is 0.0303. The third-order valence-electron chi connectivity index (χ3n) is 6.60. The van der Waals surface area contributed by atoms with Crippen LogP contribution in [0.2, 0.25) is 0 Å². The second kappa shape index (κ2) is 10.1. The number of rotatable bonds is 5. The maximum absolute atomic E-state index is 13.9. The Hall–Kier alpha value is -3.79. The molecule has 0 aliphatic carbocycles. The third-order valence-corrected chi connectivity index (χ3v) is 6.60. The zero-order chi connectivity index (χ0) is 25.2. The number of benzene rings is 2. The molecule has 2 N–H and O–H groups in total. The zero-order valence-corrected chi connectivity index (χ0v) is 19.8. The van der Waals surface area contributed by atoms with Crippen LogP contribution >= 0.6 is 0 Å². The van der Waals surface area contributed by atoms with Gasteiger partial charge in [0, 0.05) is 24.3 Å². The standard InChI is InChI=1S/C26H27F2N5O3/c1-16-2-4-17(5-3-16)21-14-22(23(27)28)33-24(31-21)20(15-29-33)25(34)30-19-8-6-18(7-9-19)26(35)32-10-12-36-13-11-32/h2-9,15,21-23,31H,10-14H2,1H3,(H,30,34). The lowest BCUT2D eigenvalue weighted by Crippen LogP contribution is -2.40. The number of carbonyl (C=O) groups excluding carboxylic acids is 2. The zero-order valence-electron chi connectivity index (χ0n) is 19.8. The summed E-state index contributed by atoms with van der Waals surface area (Å²) in [6, 6.07) is 12.7. The van der Waals surface area contributed by atoms with Crippen LogP contribution in [0.15, 0.2) is 54.7 Å². The Morgan fingerprint density at radius 3 is 2.44 bits per heavy atom.